The van der Waals surface area contributed by atoms with Crippen molar-refractivity contribution >= 4 is 16.6 Å². The minimum atomic E-state index is 0.291. The summed E-state index contributed by atoms with van der Waals surface area (Å²) in [4.78, 5) is 17.5. The van der Waals surface area contributed by atoms with Crippen LogP contribution < -0.4 is 5.32 Å². The number of pyridine rings is 1. The summed E-state index contributed by atoms with van der Waals surface area (Å²) in [5, 5.41) is 5.92. The molecule has 6 rings (SSSR count). The molecule has 2 aromatic heterocycles. The molecule has 3 heterocycles. The van der Waals surface area contributed by atoms with Gasteiger partial charge in [0.15, 0.2) is 5.82 Å². The average Bonchev–Trinajstić information content (AvgIpc) is 3.59. The number of fused-ring (bicyclic) bond motifs is 1. The number of benzene rings is 3. The number of nitrogens with zero attached hydrogens (tertiary/aromatic N) is 3. The number of nitrogens with one attached hydrogen (secondary N) is 2. The fourth-order valence-corrected chi connectivity index (χ4v) is 4.55. The number of imidazole rings is 1. The van der Waals surface area contributed by atoms with Crippen molar-refractivity contribution in [2.45, 2.75) is 18.9 Å². The van der Waals surface area contributed by atoms with Gasteiger partial charge in [0.1, 0.15) is 11.5 Å². The van der Waals surface area contributed by atoms with Gasteiger partial charge < -0.3 is 10.3 Å². The molecule has 0 fully saturated rings. The molecule has 0 spiro atoms. The molecule has 0 aliphatic carbocycles. The SMILES string of the molecule is C[C@H](c1ccccc1)C1CN=C(c2cccc(-c3cnc(-c4cc5ccccc5cn4)[nH]3)c2)N1. The number of hydrogen-bond acceptors (Lipinski definition) is 4. The van der Waals surface area contributed by atoms with Gasteiger partial charge in [0.25, 0.3) is 0 Å². The molecule has 0 bridgehead atoms. The first-order valence-electron chi connectivity index (χ1n) is 11.6. The summed E-state index contributed by atoms with van der Waals surface area (Å²) in [5.41, 5.74) is 5.28. The molecule has 1 unspecified atom stereocenters. The van der Waals surface area contributed by atoms with Crippen LogP contribution in [0.5, 0.6) is 0 Å². The third kappa shape index (κ3) is 3.86. The molecular weight excluding hydrogens is 418 g/mol. The monoisotopic (exact) mass is 443 g/mol. The quantitative estimate of drug-likeness (QED) is 0.360. The van der Waals surface area contributed by atoms with E-state index < -0.39 is 0 Å². The number of rotatable bonds is 5. The van der Waals surface area contributed by atoms with Gasteiger partial charge in [-0.2, -0.15) is 0 Å². The maximum absolute atomic E-state index is 4.82. The van der Waals surface area contributed by atoms with Gasteiger partial charge in [0.2, 0.25) is 0 Å². The van der Waals surface area contributed by atoms with Crippen LogP contribution in [0.4, 0.5) is 0 Å². The van der Waals surface area contributed by atoms with E-state index in [1.54, 1.807) is 0 Å². The Hall–Kier alpha value is -4.25. The molecule has 1 aliphatic heterocycles. The van der Waals surface area contributed by atoms with Crippen molar-refractivity contribution in [3.8, 4) is 22.8 Å². The van der Waals surface area contributed by atoms with Crippen molar-refractivity contribution in [2.75, 3.05) is 6.54 Å². The number of aliphatic imine (C=N–C) groups is 1. The van der Waals surface area contributed by atoms with Gasteiger partial charge in [0, 0.05) is 28.6 Å². The van der Waals surface area contributed by atoms with Gasteiger partial charge in [-0.25, -0.2) is 4.98 Å². The molecule has 1 aliphatic rings. The van der Waals surface area contributed by atoms with E-state index in [1.807, 2.05) is 24.5 Å². The molecule has 5 nitrogen and oxygen atoms in total. The highest BCUT2D eigenvalue weighted by Gasteiger charge is 2.25. The van der Waals surface area contributed by atoms with Crippen molar-refractivity contribution in [1.82, 2.24) is 20.3 Å². The van der Waals surface area contributed by atoms with E-state index in [0.29, 0.717) is 12.0 Å². The predicted octanol–water partition coefficient (Wildman–Crippen LogP) is 5.81. The van der Waals surface area contributed by atoms with Crippen LogP contribution in [-0.4, -0.2) is 33.4 Å². The minimum Gasteiger partial charge on any atom is -0.365 e. The van der Waals surface area contributed by atoms with E-state index in [-0.39, 0.29) is 0 Å². The van der Waals surface area contributed by atoms with Crippen LogP contribution in [0.2, 0.25) is 0 Å². The third-order valence-corrected chi connectivity index (χ3v) is 6.59. The second kappa shape index (κ2) is 8.60. The zero-order valence-electron chi connectivity index (χ0n) is 18.9. The van der Waals surface area contributed by atoms with Crippen LogP contribution in [0.3, 0.4) is 0 Å². The number of aromatic nitrogens is 3. The normalized spacial score (nSPS) is 16.3. The Kier molecular flexibility index (Phi) is 5.15. The average molecular weight is 444 g/mol. The summed E-state index contributed by atoms with van der Waals surface area (Å²) in [6, 6.07) is 29.6. The van der Waals surface area contributed by atoms with Gasteiger partial charge in [0.05, 0.1) is 24.5 Å². The maximum Gasteiger partial charge on any atom is 0.156 e. The van der Waals surface area contributed by atoms with Gasteiger partial charge in [-0.05, 0) is 23.1 Å². The summed E-state index contributed by atoms with van der Waals surface area (Å²) in [6.07, 6.45) is 3.76. The van der Waals surface area contributed by atoms with Crippen LogP contribution in [0.15, 0.2) is 102 Å². The van der Waals surface area contributed by atoms with E-state index in [4.69, 9.17) is 4.99 Å². The molecule has 166 valence electrons. The molecular formula is C29H25N5. The number of amidine groups is 1. The van der Waals surface area contributed by atoms with Gasteiger partial charge in [-0.1, -0.05) is 79.7 Å². The standard InChI is InChI=1S/C29H25N5/c1-19(20-8-3-2-4-9-20)26-17-31-28(33-26)23-13-7-12-22(14-23)27-18-32-29(34-27)25-15-21-10-5-6-11-24(21)16-30-25/h2-16,18-19,26H,17H2,1H3,(H,31,33)(H,32,34)/t19-,26?/m1/s1. The molecule has 5 heteroatoms. The lowest BCUT2D eigenvalue weighted by atomic mass is 9.94. The highest BCUT2D eigenvalue weighted by Crippen LogP contribution is 2.26. The summed E-state index contributed by atoms with van der Waals surface area (Å²) in [7, 11) is 0. The number of aromatic amines is 1. The third-order valence-electron chi connectivity index (χ3n) is 6.59. The van der Waals surface area contributed by atoms with E-state index in [9.17, 15) is 0 Å². The smallest absolute Gasteiger partial charge is 0.156 e. The highest BCUT2D eigenvalue weighted by atomic mass is 15.1. The van der Waals surface area contributed by atoms with E-state index in [1.165, 1.54) is 5.56 Å². The van der Waals surface area contributed by atoms with Crippen molar-refractivity contribution < 1.29 is 0 Å². The molecule has 0 saturated carbocycles. The van der Waals surface area contributed by atoms with Crippen LogP contribution in [-0.2, 0) is 0 Å². The molecule has 3 aromatic carbocycles. The van der Waals surface area contributed by atoms with Crippen LogP contribution in [0.25, 0.3) is 33.5 Å². The molecule has 0 amide bonds. The summed E-state index contributed by atoms with van der Waals surface area (Å²) >= 11 is 0. The molecule has 34 heavy (non-hydrogen) atoms. The molecule has 2 N–H and O–H groups in total. The lowest BCUT2D eigenvalue weighted by Gasteiger charge is -2.20. The number of H-pyrrole nitrogens is 1. The fourth-order valence-electron chi connectivity index (χ4n) is 4.55. The van der Waals surface area contributed by atoms with Crippen molar-refractivity contribution in [2.24, 2.45) is 4.99 Å². The largest absolute Gasteiger partial charge is 0.365 e. The summed E-state index contributed by atoms with van der Waals surface area (Å²) in [6.45, 7) is 3.03. The minimum absolute atomic E-state index is 0.291. The van der Waals surface area contributed by atoms with E-state index in [2.05, 4.69) is 100.0 Å². The van der Waals surface area contributed by atoms with Crippen LogP contribution >= 0.6 is 0 Å². The summed E-state index contributed by atoms with van der Waals surface area (Å²) < 4.78 is 0. The number of hydrogen-bond donors (Lipinski definition) is 2. The first kappa shape index (κ1) is 20.4. The topological polar surface area (TPSA) is 66.0 Å². The predicted molar refractivity (Wildman–Crippen MR) is 138 cm³/mol. The first-order chi connectivity index (χ1) is 16.7. The van der Waals surface area contributed by atoms with Crippen LogP contribution in [0, 0.1) is 0 Å². The van der Waals surface area contributed by atoms with E-state index >= 15 is 0 Å². The Morgan fingerprint density at radius 2 is 1.59 bits per heavy atom. The second-order valence-corrected chi connectivity index (χ2v) is 8.78. The van der Waals surface area contributed by atoms with E-state index in [0.717, 1.165) is 51.5 Å². The molecule has 5 aromatic rings. The Labute approximate surface area is 198 Å². The van der Waals surface area contributed by atoms with Gasteiger partial charge in [-0.3, -0.25) is 9.98 Å². The van der Waals surface area contributed by atoms with Crippen molar-refractivity contribution in [1.29, 1.82) is 0 Å². The zero-order valence-corrected chi connectivity index (χ0v) is 18.9. The van der Waals surface area contributed by atoms with Gasteiger partial charge in [-0.15, -0.1) is 0 Å². The Morgan fingerprint density at radius 1 is 0.794 bits per heavy atom. The lowest BCUT2D eigenvalue weighted by Crippen LogP contribution is -2.34. The lowest BCUT2D eigenvalue weighted by molar-refractivity contribution is 0.556. The molecule has 2 atom stereocenters. The van der Waals surface area contributed by atoms with Gasteiger partial charge >= 0.3 is 0 Å². The first-order valence-corrected chi connectivity index (χ1v) is 11.6. The summed E-state index contributed by atoms with van der Waals surface area (Å²) in [5.74, 6) is 2.10. The Balaban J connectivity index is 1.22. The second-order valence-electron chi connectivity index (χ2n) is 8.78. The maximum atomic E-state index is 4.82. The Bertz CT molecular complexity index is 1480. The highest BCUT2D eigenvalue weighted by molar-refractivity contribution is 6.01. The van der Waals surface area contributed by atoms with Crippen molar-refractivity contribution in [3.05, 3.63) is 108 Å². The Morgan fingerprint density at radius 3 is 2.47 bits per heavy atom. The zero-order chi connectivity index (χ0) is 22.9. The van der Waals surface area contributed by atoms with Crippen molar-refractivity contribution in [3.63, 3.8) is 0 Å². The fraction of sp³-hybridized carbons (Fsp3) is 0.138. The van der Waals surface area contributed by atoms with Crippen LogP contribution in [0.1, 0.15) is 24.0 Å². The molecule has 0 saturated heterocycles. The molecule has 0 radical (unpaired) electrons.